The van der Waals surface area contributed by atoms with Crippen LogP contribution in [0.1, 0.15) is 0 Å². The van der Waals surface area contributed by atoms with Crippen LogP contribution in [-0.4, -0.2) is 4.98 Å². The Bertz CT molecular complexity index is 486. The van der Waals surface area contributed by atoms with E-state index in [2.05, 4.69) is 4.98 Å². The lowest BCUT2D eigenvalue weighted by Crippen LogP contribution is -1.80. The van der Waals surface area contributed by atoms with Crippen LogP contribution in [0.3, 0.4) is 0 Å². The van der Waals surface area contributed by atoms with E-state index in [9.17, 15) is 8.78 Å². The monoisotopic (exact) mass is 203 g/mol. The largest absolute Gasteiger partial charge is 0.335 e. The standard InChI is InChI=1S/C7H3F2NS2/c8-3-1-4(9)6-5(2-3)12-7(11)10-6/h1-2H,(H,10,11). The van der Waals surface area contributed by atoms with Crippen molar-refractivity contribution in [2.75, 3.05) is 0 Å². The Morgan fingerprint density at radius 2 is 2.08 bits per heavy atom. The number of thiazole rings is 1. The van der Waals surface area contributed by atoms with Gasteiger partial charge in [0.15, 0.2) is 9.77 Å². The summed E-state index contributed by atoms with van der Waals surface area (Å²) in [6.07, 6.45) is 0. The fourth-order valence-corrected chi connectivity index (χ4v) is 2.13. The zero-order valence-electron chi connectivity index (χ0n) is 5.73. The van der Waals surface area contributed by atoms with Gasteiger partial charge in [0, 0.05) is 6.07 Å². The molecule has 1 nitrogen and oxygen atoms in total. The summed E-state index contributed by atoms with van der Waals surface area (Å²) in [5.41, 5.74) is 0.284. The van der Waals surface area contributed by atoms with Crippen molar-refractivity contribution in [2.45, 2.75) is 0 Å². The lowest BCUT2D eigenvalue weighted by atomic mass is 10.3. The summed E-state index contributed by atoms with van der Waals surface area (Å²) >= 11 is 5.95. The van der Waals surface area contributed by atoms with Crippen molar-refractivity contribution in [3.8, 4) is 0 Å². The molecule has 0 aliphatic carbocycles. The fraction of sp³-hybridized carbons (Fsp3) is 0. The Labute approximate surface area is 75.7 Å². The van der Waals surface area contributed by atoms with E-state index in [-0.39, 0.29) is 5.52 Å². The molecule has 0 unspecified atom stereocenters. The molecule has 0 spiro atoms. The van der Waals surface area contributed by atoms with E-state index in [0.29, 0.717) is 8.65 Å². The van der Waals surface area contributed by atoms with Gasteiger partial charge in [0.2, 0.25) is 0 Å². The van der Waals surface area contributed by atoms with Crippen molar-refractivity contribution in [3.63, 3.8) is 0 Å². The highest BCUT2D eigenvalue weighted by molar-refractivity contribution is 7.73. The van der Waals surface area contributed by atoms with E-state index >= 15 is 0 Å². The van der Waals surface area contributed by atoms with Gasteiger partial charge in [0.25, 0.3) is 0 Å². The lowest BCUT2D eigenvalue weighted by molar-refractivity contribution is 0.591. The van der Waals surface area contributed by atoms with Crippen LogP contribution in [-0.2, 0) is 0 Å². The van der Waals surface area contributed by atoms with Crippen molar-refractivity contribution >= 4 is 33.8 Å². The van der Waals surface area contributed by atoms with Crippen molar-refractivity contribution in [3.05, 3.63) is 27.7 Å². The molecule has 0 amide bonds. The Balaban J connectivity index is 2.97. The van der Waals surface area contributed by atoms with E-state index < -0.39 is 11.6 Å². The van der Waals surface area contributed by atoms with Crippen molar-refractivity contribution < 1.29 is 8.78 Å². The number of fused-ring (bicyclic) bond motifs is 1. The fourth-order valence-electron chi connectivity index (χ4n) is 0.979. The van der Waals surface area contributed by atoms with Gasteiger partial charge < -0.3 is 4.98 Å². The second-order valence-electron chi connectivity index (χ2n) is 2.28. The molecule has 62 valence electrons. The molecule has 1 aromatic carbocycles. The lowest BCUT2D eigenvalue weighted by Gasteiger charge is -1.90. The number of hydrogen-bond acceptors (Lipinski definition) is 2. The van der Waals surface area contributed by atoms with Gasteiger partial charge >= 0.3 is 0 Å². The summed E-state index contributed by atoms with van der Waals surface area (Å²) in [6, 6.07) is 2.09. The van der Waals surface area contributed by atoms with Gasteiger partial charge in [-0.1, -0.05) is 0 Å². The molecule has 0 aliphatic rings. The maximum atomic E-state index is 12.9. The molecule has 0 fully saturated rings. The van der Waals surface area contributed by atoms with Crippen LogP contribution < -0.4 is 0 Å². The molecule has 12 heavy (non-hydrogen) atoms. The van der Waals surface area contributed by atoms with Crippen molar-refractivity contribution in [2.24, 2.45) is 0 Å². The molecule has 1 aromatic heterocycles. The number of halogens is 2. The molecule has 0 bridgehead atoms. The summed E-state index contributed by atoms with van der Waals surface area (Å²) < 4.78 is 26.5. The number of H-pyrrole nitrogens is 1. The minimum atomic E-state index is -0.600. The third kappa shape index (κ3) is 1.15. The van der Waals surface area contributed by atoms with E-state index in [1.165, 1.54) is 6.07 Å². The van der Waals surface area contributed by atoms with Gasteiger partial charge in [-0.2, -0.15) is 0 Å². The normalized spacial score (nSPS) is 10.8. The second kappa shape index (κ2) is 2.60. The predicted octanol–water partition coefficient (Wildman–Crippen LogP) is 3.24. The summed E-state index contributed by atoms with van der Waals surface area (Å²) in [5.74, 6) is -1.18. The molecular weight excluding hydrogens is 200 g/mol. The number of rotatable bonds is 0. The van der Waals surface area contributed by atoms with Crippen molar-refractivity contribution in [1.82, 2.24) is 4.98 Å². The Hall–Kier alpha value is -0.810. The van der Waals surface area contributed by atoms with E-state index in [4.69, 9.17) is 12.2 Å². The summed E-state index contributed by atoms with van der Waals surface area (Å²) in [4.78, 5) is 2.65. The minimum Gasteiger partial charge on any atom is -0.335 e. The van der Waals surface area contributed by atoms with Gasteiger partial charge in [-0.25, -0.2) is 8.78 Å². The quantitative estimate of drug-likeness (QED) is 0.650. The maximum absolute atomic E-state index is 12.9. The van der Waals surface area contributed by atoms with E-state index in [1.807, 2.05) is 0 Å². The van der Waals surface area contributed by atoms with Gasteiger partial charge in [-0.15, -0.1) is 11.3 Å². The highest BCUT2D eigenvalue weighted by Crippen LogP contribution is 2.22. The summed E-state index contributed by atoms with van der Waals surface area (Å²) in [5, 5.41) is 0. The molecule has 0 saturated carbocycles. The highest BCUT2D eigenvalue weighted by Gasteiger charge is 2.05. The van der Waals surface area contributed by atoms with Crippen LogP contribution in [0.4, 0.5) is 8.78 Å². The van der Waals surface area contributed by atoms with Crippen LogP contribution in [0.2, 0.25) is 0 Å². The van der Waals surface area contributed by atoms with Crippen molar-refractivity contribution in [1.29, 1.82) is 0 Å². The van der Waals surface area contributed by atoms with Crippen LogP contribution in [0.15, 0.2) is 12.1 Å². The zero-order chi connectivity index (χ0) is 8.72. The van der Waals surface area contributed by atoms with Crippen LogP contribution in [0, 0.1) is 15.6 Å². The number of benzene rings is 1. The van der Waals surface area contributed by atoms with E-state index in [0.717, 1.165) is 17.4 Å². The second-order valence-corrected chi connectivity index (χ2v) is 3.99. The van der Waals surface area contributed by atoms with Crippen LogP contribution in [0.25, 0.3) is 10.2 Å². The number of nitrogens with one attached hydrogen (secondary N) is 1. The van der Waals surface area contributed by atoms with Gasteiger partial charge in [0.1, 0.15) is 5.82 Å². The van der Waals surface area contributed by atoms with Gasteiger partial charge in [0.05, 0.1) is 10.2 Å². The molecule has 1 N–H and O–H groups in total. The first-order valence-electron chi connectivity index (χ1n) is 3.15. The minimum absolute atomic E-state index is 0.284. The SMILES string of the molecule is Fc1cc(F)c2[nH]c(=S)sc2c1. The van der Waals surface area contributed by atoms with Crippen LogP contribution in [0.5, 0.6) is 0 Å². The van der Waals surface area contributed by atoms with Gasteiger partial charge in [-0.3, -0.25) is 0 Å². The number of hydrogen-bond donors (Lipinski definition) is 1. The first-order valence-corrected chi connectivity index (χ1v) is 4.37. The molecule has 2 rings (SSSR count). The third-order valence-corrected chi connectivity index (χ3v) is 2.63. The molecule has 0 saturated heterocycles. The van der Waals surface area contributed by atoms with Gasteiger partial charge in [-0.05, 0) is 18.3 Å². The smallest absolute Gasteiger partial charge is 0.159 e. The first kappa shape index (κ1) is 7.82. The summed E-state index contributed by atoms with van der Waals surface area (Å²) in [6.45, 7) is 0. The topological polar surface area (TPSA) is 15.8 Å². The predicted molar refractivity (Wildman–Crippen MR) is 46.9 cm³/mol. The molecule has 5 heteroatoms. The Kier molecular flexibility index (Phi) is 1.69. The average Bonchev–Trinajstić information content (AvgIpc) is 2.29. The zero-order valence-corrected chi connectivity index (χ0v) is 7.36. The molecule has 2 aromatic rings. The highest BCUT2D eigenvalue weighted by atomic mass is 32.1. The Morgan fingerprint density at radius 1 is 1.33 bits per heavy atom. The van der Waals surface area contributed by atoms with Crippen LogP contribution >= 0.6 is 23.6 Å². The molecular formula is C7H3F2NS2. The average molecular weight is 203 g/mol. The maximum Gasteiger partial charge on any atom is 0.159 e. The first-order chi connectivity index (χ1) is 5.66. The number of aromatic nitrogens is 1. The molecule has 0 radical (unpaired) electrons. The third-order valence-electron chi connectivity index (χ3n) is 1.45. The number of aromatic amines is 1. The molecule has 1 heterocycles. The Morgan fingerprint density at radius 3 is 2.83 bits per heavy atom. The van der Waals surface area contributed by atoms with E-state index in [1.54, 1.807) is 0 Å². The summed E-state index contributed by atoms with van der Waals surface area (Å²) in [7, 11) is 0. The molecule has 0 aliphatic heterocycles. The molecule has 0 atom stereocenters.